The maximum absolute atomic E-state index is 10.7. The maximum Gasteiger partial charge on any atom is 0.335 e. The van der Waals surface area contributed by atoms with Crippen molar-refractivity contribution < 1.29 is 111 Å². The van der Waals surface area contributed by atoms with Crippen LogP contribution in [0, 0.1) is 0 Å². The first kappa shape index (κ1) is 52.6. The number of carboxylic acid groups (broad SMARTS) is 6. The molecular formula is C42H30O18W-6. The largest absolute Gasteiger partial charge is 0.872 e. The molecule has 0 spiro atoms. The average Bonchev–Trinajstić information content (AvgIpc) is 3.19. The molecular weight excluding hydrogens is 976 g/mol. The molecule has 18 nitrogen and oxygen atoms in total. The van der Waals surface area contributed by atoms with Crippen LogP contribution in [-0.2, 0) is 21.1 Å². The predicted molar refractivity (Wildman–Crippen MR) is 197 cm³/mol. The fourth-order valence-corrected chi connectivity index (χ4v) is 3.86. The van der Waals surface area contributed by atoms with Gasteiger partial charge in [0.2, 0.25) is 0 Å². The van der Waals surface area contributed by atoms with Gasteiger partial charge in [0.15, 0.2) is 0 Å². The average molecular weight is 1010 g/mol. The molecule has 6 N–H and O–H groups in total. The topological polar surface area (TPSA) is 362 Å². The molecule has 0 saturated carbocycles. The van der Waals surface area contributed by atoms with Crippen molar-refractivity contribution in [3.05, 3.63) is 179 Å². The Labute approximate surface area is 359 Å². The van der Waals surface area contributed by atoms with E-state index in [-0.39, 0.29) is 54.4 Å². The number of carboxylic acids is 6. The van der Waals surface area contributed by atoms with E-state index in [2.05, 4.69) is 0 Å². The molecule has 61 heavy (non-hydrogen) atoms. The summed E-state index contributed by atoms with van der Waals surface area (Å²) in [6, 6.07) is 33.2. The molecule has 0 aliphatic heterocycles. The molecule has 0 heterocycles. The van der Waals surface area contributed by atoms with Crippen molar-refractivity contribution in [2.75, 3.05) is 0 Å². The van der Waals surface area contributed by atoms with Gasteiger partial charge in [0.1, 0.15) is 0 Å². The van der Waals surface area contributed by atoms with Gasteiger partial charge in [0, 0.05) is 21.1 Å². The van der Waals surface area contributed by atoms with Gasteiger partial charge in [-0.1, -0.05) is 144 Å². The third kappa shape index (κ3) is 19.1. The SMILES string of the molecule is O=C(O)c1ccccc1[O-].O=C(O)c1ccccc1[O-].O=C(O)c1ccccc1[O-].O=C(O)c1ccccc1[O-].O=C(O)c1ccccc1[O-].O=C(O)c1ccccc1[O-].[W]. The molecule has 0 radical (unpaired) electrons. The summed E-state index contributed by atoms with van der Waals surface area (Å²) in [6.45, 7) is 0. The number of carbonyl (C=O) groups is 6. The predicted octanol–water partition coefficient (Wildman–Crippen LogP) is 2.75. The van der Waals surface area contributed by atoms with Crippen molar-refractivity contribution in [2.45, 2.75) is 0 Å². The second-order valence-electron chi connectivity index (χ2n) is 10.8. The van der Waals surface area contributed by atoms with Crippen LogP contribution in [0.1, 0.15) is 62.1 Å². The number of aromatic carboxylic acids is 6. The van der Waals surface area contributed by atoms with E-state index in [0.717, 1.165) is 0 Å². The first-order chi connectivity index (χ1) is 28.3. The Morgan fingerprint density at radius 3 is 0.410 bits per heavy atom. The molecule has 0 unspecified atom stereocenters. The zero-order valence-electron chi connectivity index (χ0n) is 30.8. The quantitative estimate of drug-likeness (QED) is 0.140. The van der Waals surface area contributed by atoms with Crippen LogP contribution in [0.15, 0.2) is 146 Å². The molecule has 19 heteroatoms. The van der Waals surface area contributed by atoms with Gasteiger partial charge in [-0.3, -0.25) is 0 Å². The van der Waals surface area contributed by atoms with Gasteiger partial charge < -0.3 is 61.3 Å². The molecule has 6 aromatic carbocycles. The van der Waals surface area contributed by atoms with Gasteiger partial charge >= 0.3 is 35.8 Å². The minimum atomic E-state index is -1.18. The van der Waals surface area contributed by atoms with Crippen LogP contribution in [0.5, 0.6) is 34.5 Å². The summed E-state index contributed by atoms with van der Waals surface area (Å²) in [5.41, 5.74) is -1.07. The van der Waals surface area contributed by atoms with Crippen LogP contribution in [0.25, 0.3) is 0 Å². The minimum absolute atomic E-state index is 0. The summed E-state index contributed by atoms with van der Waals surface area (Å²) >= 11 is 0. The van der Waals surface area contributed by atoms with Crippen LogP contribution in [-0.4, -0.2) is 66.5 Å². The van der Waals surface area contributed by atoms with Gasteiger partial charge in [-0.25, -0.2) is 28.8 Å². The zero-order chi connectivity index (χ0) is 45.4. The second-order valence-corrected chi connectivity index (χ2v) is 10.8. The maximum atomic E-state index is 10.7. The molecule has 0 bridgehead atoms. The summed E-state index contributed by atoms with van der Waals surface area (Å²) < 4.78 is 0. The van der Waals surface area contributed by atoms with E-state index in [1.54, 1.807) is 0 Å². The first-order valence-electron chi connectivity index (χ1n) is 16.3. The van der Waals surface area contributed by atoms with Gasteiger partial charge in [0.25, 0.3) is 0 Å². The standard InChI is InChI=1S/6C7H6O3.W/c6*8-6-4-2-1-3-5(6)7(9)10;/h6*1-4,8H,(H,9,10);/p-6. The molecule has 0 aliphatic rings. The molecule has 0 saturated heterocycles. The smallest absolute Gasteiger partial charge is 0.335 e. The van der Waals surface area contributed by atoms with Crippen LogP contribution < -0.4 is 30.6 Å². The van der Waals surface area contributed by atoms with Crippen molar-refractivity contribution >= 4 is 35.8 Å². The van der Waals surface area contributed by atoms with E-state index in [9.17, 15) is 59.4 Å². The van der Waals surface area contributed by atoms with Crippen LogP contribution >= 0.6 is 0 Å². The Morgan fingerprint density at radius 2 is 0.344 bits per heavy atom. The van der Waals surface area contributed by atoms with Crippen LogP contribution in [0.4, 0.5) is 0 Å². The minimum Gasteiger partial charge on any atom is -0.872 e. The molecule has 318 valence electrons. The summed E-state index contributed by atoms with van der Waals surface area (Å²) in [7, 11) is 0. The number of hydrogen-bond donors (Lipinski definition) is 6. The van der Waals surface area contributed by atoms with E-state index in [1.165, 1.54) is 146 Å². The fraction of sp³-hybridized carbons (Fsp3) is 0. The van der Waals surface area contributed by atoms with Gasteiger partial charge in [-0.15, -0.1) is 0 Å². The third-order valence-electron chi connectivity index (χ3n) is 6.70. The Morgan fingerprint density at radius 1 is 0.246 bits per heavy atom. The van der Waals surface area contributed by atoms with E-state index in [4.69, 9.17) is 30.6 Å². The Balaban J connectivity index is 0.000000706. The second kappa shape index (κ2) is 27.3. The Kier molecular flexibility index (Phi) is 23.6. The first-order valence-corrected chi connectivity index (χ1v) is 16.3. The molecule has 0 aromatic heterocycles. The monoisotopic (exact) mass is 1010 g/mol. The molecule has 6 aromatic rings. The van der Waals surface area contributed by atoms with Gasteiger partial charge in [-0.2, -0.15) is 0 Å². The molecule has 6 rings (SSSR count). The molecule has 0 aliphatic carbocycles. The number of benzene rings is 6. The van der Waals surface area contributed by atoms with Crippen LogP contribution in [0.2, 0.25) is 0 Å². The van der Waals surface area contributed by atoms with Crippen molar-refractivity contribution in [3.8, 4) is 34.5 Å². The molecule has 0 amide bonds. The molecule has 0 atom stereocenters. The van der Waals surface area contributed by atoms with Gasteiger partial charge in [-0.05, 0) is 36.4 Å². The number of para-hydroxylation sites is 6. The van der Waals surface area contributed by atoms with E-state index in [1.807, 2.05) is 0 Å². The fourth-order valence-electron chi connectivity index (χ4n) is 3.86. The van der Waals surface area contributed by atoms with Crippen LogP contribution in [0.3, 0.4) is 0 Å². The Bertz CT molecular complexity index is 1970. The van der Waals surface area contributed by atoms with Crippen molar-refractivity contribution in [1.82, 2.24) is 0 Å². The number of rotatable bonds is 6. The zero-order valence-corrected chi connectivity index (χ0v) is 33.8. The third-order valence-corrected chi connectivity index (χ3v) is 6.70. The van der Waals surface area contributed by atoms with Crippen molar-refractivity contribution in [1.29, 1.82) is 0 Å². The van der Waals surface area contributed by atoms with Crippen molar-refractivity contribution in [3.63, 3.8) is 0 Å². The normalized spacial score (nSPS) is 9.05. The van der Waals surface area contributed by atoms with Crippen molar-refractivity contribution in [2.24, 2.45) is 0 Å². The number of hydrogen-bond acceptors (Lipinski definition) is 12. The summed E-state index contributed by atoms with van der Waals surface area (Å²) in [6.07, 6.45) is 0. The summed E-state index contributed by atoms with van der Waals surface area (Å²) in [4.78, 5) is 61.3. The molecule has 0 fully saturated rings. The summed E-state index contributed by atoms with van der Waals surface area (Å²) in [5.74, 6) is -9.75. The summed E-state index contributed by atoms with van der Waals surface area (Å²) in [5, 5.41) is 114. The van der Waals surface area contributed by atoms with E-state index < -0.39 is 70.3 Å². The van der Waals surface area contributed by atoms with Gasteiger partial charge in [0.05, 0.1) is 33.4 Å². The van der Waals surface area contributed by atoms with E-state index in [0.29, 0.717) is 0 Å². The van der Waals surface area contributed by atoms with E-state index >= 15 is 0 Å². The Hall–Kier alpha value is -8.37.